The molecule has 0 bridgehead atoms. The molecule has 9 nitrogen and oxygen atoms in total. The highest BCUT2D eigenvalue weighted by Crippen LogP contribution is 2.37. The van der Waals surface area contributed by atoms with Crippen molar-refractivity contribution >= 4 is 33.0 Å². The fraction of sp³-hybridized carbons (Fsp3) is 0.278. The third-order valence-corrected chi connectivity index (χ3v) is 5.84. The predicted octanol–water partition coefficient (Wildman–Crippen LogP) is 3.21. The SMILES string of the molecule is CCS(=O)(=O)CCNC(=O)c1ccc(Oc2ccc(Cl)cc2[N+](=O)[O-])c(OC)c1. The topological polar surface area (TPSA) is 125 Å². The quantitative estimate of drug-likeness (QED) is 0.466. The monoisotopic (exact) mass is 442 g/mol. The van der Waals surface area contributed by atoms with Gasteiger partial charge in [0.25, 0.3) is 5.91 Å². The molecular formula is C18H19ClN2O7S. The van der Waals surface area contributed by atoms with Crippen molar-refractivity contribution in [3.8, 4) is 17.2 Å². The van der Waals surface area contributed by atoms with Crippen LogP contribution in [0.1, 0.15) is 17.3 Å². The summed E-state index contributed by atoms with van der Waals surface area (Å²) in [6.07, 6.45) is 0. The molecule has 2 aromatic carbocycles. The molecule has 0 heterocycles. The van der Waals surface area contributed by atoms with Gasteiger partial charge in [0.2, 0.25) is 5.75 Å². The number of carbonyl (C=O) groups excluding carboxylic acids is 1. The Morgan fingerprint density at radius 1 is 1.17 bits per heavy atom. The lowest BCUT2D eigenvalue weighted by Crippen LogP contribution is -2.29. The smallest absolute Gasteiger partial charge is 0.313 e. The van der Waals surface area contributed by atoms with Crippen LogP contribution in [0.25, 0.3) is 0 Å². The van der Waals surface area contributed by atoms with E-state index in [9.17, 15) is 23.3 Å². The molecule has 0 saturated carbocycles. The number of nitro groups is 1. The van der Waals surface area contributed by atoms with Crippen LogP contribution in [-0.4, -0.2) is 44.4 Å². The molecule has 156 valence electrons. The van der Waals surface area contributed by atoms with Crippen molar-refractivity contribution in [3.05, 3.63) is 57.1 Å². The summed E-state index contributed by atoms with van der Waals surface area (Å²) in [7, 11) is -1.83. The van der Waals surface area contributed by atoms with Crippen molar-refractivity contribution < 1.29 is 27.6 Å². The van der Waals surface area contributed by atoms with Crippen molar-refractivity contribution in [1.82, 2.24) is 5.32 Å². The molecule has 0 saturated heterocycles. The number of methoxy groups -OCH3 is 1. The zero-order chi connectivity index (χ0) is 21.6. The van der Waals surface area contributed by atoms with E-state index >= 15 is 0 Å². The van der Waals surface area contributed by atoms with E-state index in [0.29, 0.717) is 0 Å². The minimum atomic E-state index is -3.19. The van der Waals surface area contributed by atoms with E-state index in [0.717, 1.165) is 6.07 Å². The van der Waals surface area contributed by atoms with Gasteiger partial charge in [0.1, 0.15) is 0 Å². The lowest BCUT2D eigenvalue weighted by Gasteiger charge is -2.12. The molecule has 29 heavy (non-hydrogen) atoms. The fourth-order valence-electron chi connectivity index (χ4n) is 2.30. The number of ether oxygens (including phenoxy) is 2. The normalized spacial score (nSPS) is 11.0. The molecule has 0 fully saturated rings. The van der Waals surface area contributed by atoms with Gasteiger partial charge in [-0.1, -0.05) is 18.5 Å². The molecule has 1 N–H and O–H groups in total. The highest BCUT2D eigenvalue weighted by molar-refractivity contribution is 7.91. The molecule has 1 amide bonds. The predicted molar refractivity (Wildman–Crippen MR) is 108 cm³/mol. The Morgan fingerprint density at radius 2 is 1.86 bits per heavy atom. The van der Waals surface area contributed by atoms with Crippen LogP contribution in [0, 0.1) is 10.1 Å². The van der Waals surface area contributed by atoms with Gasteiger partial charge in [-0.15, -0.1) is 0 Å². The second-order valence-corrected chi connectivity index (χ2v) is 8.74. The third-order valence-electron chi connectivity index (χ3n) is 3.90. The Balaban J connectivity index is 2.19. The van der Waals surface area contributed by atoms with Crippen LogP contribution in [0.15, 0.2) is 36.4 Å². The van der Waals surface area contributed by atoms with Crippen LogP contribution in [0.4, 0.5) is 5.69 Å². The van der Waals surface area contributed by atoms with Crippen molar-refractivity contribution in [2.75, 3.05) is 25.2 Å². The minimum absolute atomic E-state index is 0.000433. The first-order valence-corrected chi connectivity index (χ1v) is 10.6. The summed E-state index contributed by atoms with van der Waals surface area (Å²) in [6.45, 7) is 1.51. The van der Waals surface area contributed by atoms with Gasteiger partial charge in [-0.3, -0.25) is 14.9 Å². The largest absolute Gasteiger partial charge is 0.493 e. The Labute approximate surface area is 172 Å². The average Bonchev–Trinajstić information content (AvgIpc) is 2.69. The highest BCUT2D eigenvalue weighted by Gasteiger charge is 2.19. The standard InChI is InChI=1S/C18H19ClN2O7S/c1-3-29(25,26)9-8-20-18(22)12-4-6-16(17(10-12)27-2)28-15-7-5-13(19)11-14(15)21(23)24/h4-7,10-11H,3,8-9H2,1-2H3,(H,20,22). The van der Waals surface area contributed by atoms with E-state index in [2.05, 4.69) is 5.32 Å². The number of halogens is 1. The zero-order valence-corrected chi connectivity index (χ0v) is 17.2. The average molecular weight is 443 g/mol. The first-order valence-electron chi connectivity index (χ1n) is 8.45. The lowest BCUT2D eigenvalue weighted by molar-refractivity contribution is -0.385. The summed E-state index contributed by atoms with van der Waals surface area (Å²) in [4.78, 5) is 22.8. The Kier molecular flexibility index (Phi) is 7.40. The summed E-state index contributed by atoms with van der Waals surface area (Å²) in [6, 6.07) is 8.21. The van der Waals surface area contributed by atoms with Gasteiger partial charge in [-0.25, -0.2) is 8.42 Å². The molecule has 0 aromatic heterocycles. The van der Waals surface area contributed by atoms with E-state index in [1.54, 1.807) is 0 Å². The molecule has 0 aliphatic carbocycles. The van der Waals surface area contributed by atoms with Gasteiger partial charge in [-0.05, 0) is 30.3 Å². The molecular weight excluding hydrogens is 424 g/mol. The van der Waals surface area contributed by atoms with Gasteiger partial charge >= 0.3 is 5.69 Å². The van der Waals surface area contributed by atoms with Crippen LogP contribution in [0.3, 0.4) is 0 Å². The summed E-state index contributed by atoms with van der Waals surface area (Å²) in [5, 5.41) is 13.9. The molecule has 11 heteroatoms. The van der Waals surface area contributed by atoms with Crippen LogP contribution in [0.2, 0.25) is 5.02 Å². The number of sulfone groups is 1. The van der Waals surface area contributed by atoms with E-state index in [1.807, 2.05) is 0 Å². The lowest BCUT2D eigenvalue weighted by atomic mass is 10.2. The number of nitrogens with one attached hydrogen (secondary N) is 1. The molecule has 0 atom stereocenters. The summed E-state index contributed by atoms with van der Waals surface area (Å²) < 4.78 is 33.8. The summed E-state index contributed by atoms with van der Waals surface area (Å²) in [5.74, 6) is -0.364. The zero-order valence-electron chi connectivity index (χ0n) is 15.7. The number of rotatable bonds is 9. The van der Waals surface area contributed by atoms with Crippen molar-refractivity contribution in [3.63, 3.8) is 0 Å². The van der Waals surface area contributed by atoms with Crippen LogP contribution in [-0.2, 0) is 9.84 Å². The number of nitrogens with zero attached hydrogens (tertiary/aromatic N) is 1. The maximum Gasteiger partial charge on any atom is 0.313 e. The molecule has 0 radical (unpaired) electrons. The number of carbonyl (C=O) groups is 1. The number of benzene rings is 2. The maximum absolute atomic E-state index is 12.2. The summed E-state index contributed by atoms with van der Waals surface area (Å²) in [5.41, 5.74) is -0.104. The highest BCUT2D eigenvalue weighted by atomic mass is 35.5. The first-order chi connectivity index (χ1) is 13.7. The van der Waals surface area contributed by atoms with Crippen LogP contribution >= 0.6 is 11.6 Å². The van der Waals surface area contributed by atoms with Gasteiger partial charge < -0.3 is 14.8 Å². The third kappa shape index (κ3) is 6.06. The Morgan fingerprint density at radius 3 is 2.48 bits per heavy atom. The van der Waals surface area contributed by atoms with Gasteiger partial charge in [0.05, 0.1) is 17.8 Å². The van der Waals surface area contributed by atoms with E-state index < -0.39 is 20.7 Å². The Hall–Kier alpha value is -2.85. The van der Waals surface area contributed by atoms with Gasteiger partial charge in [0.15, 0.2) is 21.3 Å². The second-order valence-electron chi connectivity index (χ2n) is 5.83. The van der Waals surface area contributed by atoms with Crippen LogP contribution < -0.4 is 14.8 Å². The fourth-order valence-corrected chi connectivity index (χ4v) is 3.17. The molecule has 0 spiro atoms. The first kappa shape index (κ1) is 22.4. The number of amides is 1. The van der Waals surface area contributed by atoms with Crippen LogP contribution in [0.5, 0.6) is 17.2 Å². The van der Waals surface area contributed by atoms with E-state index in [4.69, 9.17) is 21.1 Å². The van der Waals surface area contributed by atoms with E-state index in [1.165, 1.54) is 44.4 Å². The number of hydrogen-bond acceptors (Lipinski definition) is 7. The second kappa shape index (κ2) is 9.57. The van der Waals surface area contributed by atoms with Gasteiger partial charge in [0, 0.05) is 29.0 Å². The van der Waals surface area contributed by atoms with E-state index in [-0.39, 0.29) is 51.6 Å². The summed E-state index contributed by atoms with van der Waals surface area (Å²) >= 11 is 5.79. The minimum Gasteiger partial charge on any atom is -0.493 e. The molecule has 0 aliphatic heterocycles. The van der Waals surface area contributed by atoms with Crippen molar-refractivity contribution in [1.29, 1.82) is 0 Å². The molecule has 0 aliphatic rings. The maximum atomic E-state index is 12.2. The molecule has 2 rings (SSSR count). The number of hydrogen-bond donors (Lipinski definition) is 1. The van der Waals surface area contributed by atoms with Crippen molar-refractivity contribution in [2.24, 2.45) is 0 Å². The van der Waals surface area contributed by atoms with Gasteiger partial charge in [-0.2, -0.15) is 0 Å². The van der Waals surface area contributed by atoms with Crippen molar-refractivity contribution in [2.45, 2.75) is 6.92 Å². The molecule has 2 aromatic rings. The number of nitro benzene ring substituents is 1. The molecule has 0 unspecified atom stereocenters. The Bertz CT molecular complexity index is 1020.